The highest BCUT2D eigenvalue weighted by molar-refractivity contribution is 9.10. The minimum absolute atomic E-state index is 0.244. The van der Waals surface area contributed by atoms with E-state index in [0.29, 0.717) is 30.3 Å². The van der Waals surface area contributed by atoms with Crippen molar-refractivity contribution >= 4 is 39.5 Å². The first kappa shape index (κ1) is 16.5. The molecule has 22 heavy (non-hydrogen) atoms. The SMILES string of the molecule is O=C(NCCCOc1ccccc1Cl)Nc1ncc(Br)cn1. The lowest BCUT2D eigenvalue weighted by molar-refractivity contribution is 0.250. The first-order valence-electron chi connectivity index (χ1n) is 6.55. The van der Waals surface area contributed by atoms with E-state index >= 15 is 0 Å². The molecule has 1 aromatic carbocycles. The first-order valence-corrected chi connectivity index (χ1v) is 7.72. The second kappa shape index (κ2) is 8.55. The number of halogens is 2. The molecule has 0 radical (unpaired) electrons. The molecule has 0 fully saturated rings. The van der Waals surface area contributed by atoms with Crippen LogP contribution in [0.25, 0.3) is 0 Å². The van der Waals surface area contributed by atoms with Crippen molar-refractivity contribution in [1.29, 1.82) is 0 Å². The summed E-state index contributed by atoms with van der Waals surface area (Å²) in [5.74, 6) is 0.880. The van der Waals surface area contributed by atoms with Crippen LogP contribution in [0.4, 0.5) is 10.7 Å². The summed E-state index contributed by atoms with van der Waals surface area (Å²) < 4.78 is 6.26. The fourth-order valence-electron chi connectivity index (χ4n) is 1.54. The molecule has 0 aliphatic rings. The largest absolute Gasteiger partial charge is 0.492 e. The van der Waals surface area contributed by atoms with Crippen molar-refractivity contribution in [1.82, 2.24) is 15.3 Å². The van der Waals surface area contributed by atoms with E-state index in [1.54, 1.807) is 24.5 Å². The average molecular weight is 386 g/mol. The van der Waals surface area contributed by atoms with E-state index in [0.717, 1.165) is 4.47 Å². The molecule has 0 bridgehead atoms. The number of carbonyl (C=O) groups is 1. The van der Waals surface area contributed by atoms with Crippen LogP contribution in [0.1, 0.15) is 6.42 Å². The Morgan fingerprint density at radius 1 is 1.27 bits per heavy atom. The number of hydrogen-bond donors (Lipinski definition) is 2. The van der Waals surface area contributed by atoms with Crippen LogP contribution in [0, 0.1) is 0 Å². The van der Waals surface area contributed by atoms with Crippen molar-refractivity contribution in [2.24, 2.45) is 0 Å². The zero-order valence-electron chi connectivity index (χ0n) is 11.6. The number of amides is 2. The van der Waals surface area contributed by atoms with E-state index < -0.39 is 0 Å². The van der Waals surface area contributed by atoms with E-state index in [4.69, 9.17) is 16.3 Å². The fraction of sp³-hybridized carbons (Fsp3) is 0.214. The number of hydrogen-bond acceptors (Lipinski definition) is 4. The second-order valence-electron chi connectivity index (χ2n) is 4.24. The Balaban J connectivity index is 1.63. The molecule has 2 rings (SSSR count). The van der Waals surface area contributed by atoms with Gasteiger partial charge < -0.3 is 10.1 Å². The molecule has 0 saturated heterocycles. The molecule has 0 spiro atoms. The molecule has 0 saturated carbocycles. The molecule has 2 N–H and O–H groups in total. The van der Waals surface area contributed by atoms with Crippen LogP contribution in [-0.2, 0) is 0 Å². The van der Waals surface area contributed by atoms with Gasteiger partial charge in [-0.3, -0.25) is 5.32 Å². The molecule has 2 amide bonds. The van der Waals surface area contributed by atoms with E-state index in [2.05, 4.69) is 36.5 Å². The summed E-state index contributed by atoms with van der Waals surface area (Å²) in [6, 6.07) is 6.89. The Morgan fingerprint density at radius 3 is 2.73 bits per heavy atom. The molecule has 6 nitrogen and oxygen atoms in total. The highest BCUT2D eigenvalue weighted by atomic mass is 79.9. The number of urea groups is 1. The molecule has 2 aromatic rings. The molecule has 0 aliphatic carbocycles. The minimum atomic E-state index is -0.361. The Kier molecular flexibility index (Phi) is 6.42. The molecule has 116 valence electrons. The van der Waals surface area contributed by atoms with Crippen molar-refractivity contribution in [3.8, 4) is 5.75 Å². The summed E-state index contributed by atoms with van der Waals surface area (Å²) in [5.41, 5.74) is 0. The maximum atomic E-state index is 11.6. The zero-order valence-corrected chi connectivity index (χ0v) is 13.9. The third-order valence-electron chi connectivity index (χ3n) is 2.55. The highest BCUT2D eigenvalue weighted by Gasteiger charge is 2.03. The summed E-state index contributed by atoms with van der Waals surface area (Å²) in [7, 11) is 0. The zero-order chi connectivity index (χ0) is 15.8. The van der Waals surface area contributed by atoms with Crippen LogP contribution in [0.5, 0.6) is 5.75 Å². The van der Waals surface area contributed by atoms with Gasteiger partial charge in [0.25, 0.3) is 0 Å². The van der Waals surface area contributed by atoms with E-state index in [-0.39, 0.29) is 12.0 Å². The van der Waals surface area contributed by atoms with Crippen molar-refractivity contribution < 1.29 is 9.53 Å². The number of ether oxygens (including phenoxy) is 1. The van der Waals surface area contributed by atoms with Crippen LogP contribution >= 0.6 is 27.5 Å². The summed E-state index contributed by atoms with van der Waals surface area (Å²) >= 11 is 9.19. The summed E-state index contributed by atoms with van der Waals surface area (Å²) in [6.45, 7) is 0.922. The van der Waals surface area contributed by atoms with Gasteiger partial charge in [0.2, 0.25) is 5.95 Å². The number of nitrogens with zero attached hydrogens (tertiary/aromatic N) is 2. The maximum absolute atomic E-state index is 11.6. The minimum Gasteiger partial charge on any atom is -0.492 e. The lowest BCUT2D eigenvalue weighted by Crippen LogP contribution is -2.30. The van der Waals surface area contributed by atoms with Gasteiger partial charge in [-0.1, -0.05) is 23.7 Å². The van der Waals surface area contributed by atoms with Gasteiger partial charge in [-0.2, -0.15) is 0 Å². The van der Waals surface area contributed by atoms with Crippen molar-refractivity contribution in [3.05, 3.63) is 46.2 Å². The van der Waals surface area contributed by atoms with Crippen LogP contribution in [0.3, 0.4) is 0 Å². The average Bonchev–Trinajstić information content (AvgIpc) is 2.51. The van der Waals surface area contributed by atoms with Crippen molar-refractivity contribution in [3.63, 3.8) is 0 Å². The number of anilines is 1. The molecule has 1 aromatic heterocycles. The second-order valence-corrected chi connectivity index (χ2v) is 5.56. The predicted octanol–water partition coefficient (Wildman–Crippen LogP) is 3.48. The Morgan fingerprint density at radius 2 is 2.00 bits per heavy atom. The number of rotatable bonds is 6. The number of para-hydroxylation sites is 1. The van der Waals surface area contributed by atoms with Gasteiger partial charge in [0.15, 0.2) is 0 Å². The number of benzene rings is 1. The molecular formula is C14H14BrClN4O2. The number of aromatic nitrogens is 2. The smallest absolute Gasteiger partial charge is 0.321 e. The summed E-state index contributed by atoms with van der Waals surface area (Å²) in [5, 5.41) is 5.79. The molecule has 0 aliphatic heterocycles. The monoisotopic (exact) mass is 384 g/mol. The van der Waals surface area contributed by atoms with Gasteiger partial charge in [0.1, 0.15) is 5.75 Å². The highest BCUT2D eigenvalue weighted by Crippen LogP contribution is 2.22. The number of carbonyl (C=O) groups excluding carboxylic acids is 1. The summed E-state index contributed by atoms with van der Waals surface area (Å²) in [6.07, 6.45) is 3.76. The standard InChI is InChI=1S/C14H14BrClN4O2/c15-10-8-18-13(19-9-10)20-14(21)17-6-3-7-22-12-5-2-1-4-11(12)16/h1-2,4-5,8-9H,3,6-7H2,(H2,17,18,19,20,21). The molecule has 8 heteroatoms. The molecule has 0 unspecified atom stereocenters. The quantitative estimate of drug-likeness (QED) is 0.746. The lowest BCUT2D eigenvalue weighted by atomic mass is 10.3. The maximum Gasteiger partial charge on any atom is 0.321 e. The Labute approximate surface area is 141 Å². The molecule has 1 heterocycles. The van der Waals surface area contributed by atoms with Crippen LogP contribution in [-0.4, -0.2) is 29.2 Å². The first-order chi connectivity index (χ1) is 10.6. The number of nitrogens with one attached hydrogen (secondary N) is 2. The Bertz CT molecular complexity index is 624. The van der Waals surface area contributed by atoms with Crippen LogP contribution in [0.2, 0.25) is 5.02 Å². The Hall–Kier alpha value is -1.86. The van der Waals surface area contributed by atoms with E-state index in [1.165, 1.54) is 0 Å². The fourth-order valence-corrected chi connectivity index (χ4v) is 1.94. The lowest BCUT2D eigenvalue weighted by Gasteiger charge is -2.09. The van der Waals surface area contributed by atoms with Gasteiger partial charge in [-0.25, -0.2) is 14.8 Å². The van der Waals surface area contributed by atoms with Gasteiger partial charge >= 0.3 is 6.03 Å². The molecule has 0 atom stereocenters. The topological polar surface area (TPSA) is 76.1 Å². The third kappa shape index (κ3) is 5.50. The van der Waals surface area contributed by atoms with E-state index in [1.807, 2.05) is 12.1 Å². The van der Waals surface area contributed by atoms with Gasteiger partial charge in [0, 0.05) is 18.9 Å². The van der Waals surface area contributed by atoms with Crippen LogP contribution < -0.4 is 15.4 Å². The van der Waals surface area contributed by atoms with Gasteiger partial charge in [-0.15, -0.1) is 0 Å². The predicted molar refractivity (Wildman–Crippen MR) is 88.3 cm³/mol. The van der Waals surface area contributed by atoms with Gasteiger partial charge in [0.05, 0.1) is 16.1 Å². The summed E-state index contributed by atoms with van der Waals surface area (Å²) in [4.78, 5) is 19.5. The normalized spacial score (nSPS) is 10.1. The van der Waals surface area contributed by atoms with E-state index in [9.17, 15) is 4.79 Å². The van der Waals surface area contributed by atoms with Crippen molar-refractivity contribution in [2.45, 2.75) is 6.42 Å². The molecular weight excluding hydrogens is 372 g/mol. The van der Waals surface area contributed by atoms with Crippen LogP contribution in [0.15, 0.2) is 41.1 Å². The van der Waals surface area contributed by atoms with Crippen molar-refractivity contribution in [2.75, 3.05) is 18.5 Å². The third-order valence-corrected chi connectivity index (χ3v) is 3.27. The van der Waals surface area contributed by atoms with Gasteiger partial charge in [-0.05, 0) is 34.5 Å².